The van der Waals surface area contributed by atoms with Crippen molar-refractivity contribution in [2.45, 2.75) is 32.2 Å². The van der Waals surface area contributed by atoms with E-state index in [1.165, 1.54) is 6.42 Å². The average molecular weight is 214 g/mol. The topological polar surface area (TPSA) is 52.6 Å². The maximum Gasteiger partial charge on any atom is 0.323 e. The van der Waals surface area contributed by atoms with Crippen LogP contribution in [0, 0.1) is 5.92 Å². The molecule has 1 rings (SSSR count). The molecule has 0 saturated carbocycles. The number of carbonyl (C=O) groups is 1. The monoisotopic (exact) mass is 214 g/mol. The van der Waals surface area contributed by atoms with Crippen LogP contribution >= 0.6 is 0 Å². The van der Waals surface area contributed by atoms with Crippen molar-refractivity contribution in [1.82, 2.24) is 10.2 Å². The summed E-state index contributed by atoms with van der Waals surface area (Å²) in [6.45, 7) is 6.67. The standard InChI is InChI=1S/C11H22N2O2/c1-4-11(2,10(14)15)12-7-9-5-6-13(3)8-9/h9,12H,4-8H2,1-3H3,(H,14,15). The van der Waals surface area contributed by atoms with Gasteiger partial charge in [0.1, 0.15) is 5.54 Å². The van der Waals surface area contributed by atoms with Gasteiger partial charge in [0, 0.05) is 13.1 Å². The number of nitrogens with zero attached hydrogens (tertiary/aromatic N) is 1. The van der Waals surface area contributed by atoms with E-state index < -0.39 is 11.5 Å². The highest BCUT2D eigenvalue weighted by Crippen LogP contribution is 2.16. The van der Waals surface area contributed by atoms with Crippen LogP contribution in [0.25, 0.3) is 0 Å². The minimum Gasteiger partial charge on any atom is -0.480 e. The van der Waals surface area contributed by atoms with Gasteiger partial charge in [0.2, 0.25) is 0 Å². The molecule has 88 valence electrons. The van der Waals surface area contributed by atoms with Gasteiger partial charge in [-0.05, 0) is 39.3 Å². The Bertz CT molecular complexity index is 233. The summed E-state index contributed by atoms with van der Waals surface area (Å²) >= 11 is 0. The quantitative estimate of drug-likeness (QED) is 0.710. The fourth-order valence-corrected chi connectivity index (χ4v) is 1.91. The molecule has 0 bridgehead atoms. The van der Waals surface area contributed by atoms with Crippen molar-refractivity contribution in [3.05, 3.63) is 0 Å². The van der Waals surface area contributed by atoms with Crippen molar-refractivity contribution in [2.24, 2.45) is 5.92 Å². The maximum atomic E-state index is 11.0. The lowest BCUT2D eigenvalue weighted by atomic mass is 9.97. The Kier molecular flexibility index (Phi) is 4.11. The molecule has 15 heavy (non-hydrogen) atoms. The van der Waals surface area contributed by atoms with Gasteiger partial charge in [-0.1, -0.05) is 6.92 Å². The Morgan fingerprint density at radius 3 is 2.73 bits per heavy atom. The lowest BCUT2D eigenvalue weighted by molar-refractivity contribution is -0.144. The van der Waals surface area contributed by atoms with E-state index >= 15 is 0 Å². The highest BCUT2D eigenvalue weighted by atomic mass is 16.4. The van der Waals surface area contributed by atoms with Gasteiger partial charge in [-0.3, -0.25) is 4.79 Å². The molecule has 0 spiro atoms. The molecule has 0 aliphatic carbocycles. The van der Waals surface area contributed by atoms with Crippen molar-refractivity contribution >= 4 is 5.97 Å². The zero-order chi connectivity index (χ0) is 11.5. The van der Waals surface area contributed by atoms with E-state index in [1.54, 1.807) is 6.92 Å². The van der Waals surface area contributed by atoms with E-state index in [2.05, 4.69) is 17.3 Å². The fraction of sp³-hybridized carbons (Fsp3) is 0.909. The molecule has 1 aliphatic heterocycles. The van der Waals surface area contributed by atoms with E-state index in [1.807, 2.05) is 6.92 Å². The maximum absolute atomic E-state index is 11.0. The average Bonchev–Trinajstić information content (AvgIpc) is 2.60. The van der Waals surface area contributed by atoms with Gasteiger partial charge in [0.15, 0.2) is 0 Å². The molecule has 2 atom stereocenters. The van der Waals surface area contributed by atoms with Crippen LogP contribution in [0.5, 0.6) is 0 Å². The lowest BCUT2D eigenvalue weighted by Crippen LogP contribution is -2.50. The summed E-state index contributed by atoms with van der Waals surface area (Å²) in [6, 6.07) is 0. The smallest absolute Gasteiger partial charge is 0.323 e. The molecule has 2 unspecified atom stereocenters. The van der Waals surface area contributed by atoms with Crippen molar-refractivity contribution < 1.29 is 9.90 Å². The van der Waals surface area contributed by atoms with E-state index in [0.717, 1.165) is 19.6 Å². The van der Waals surface area contributed by atoms with E-state index in [0.29, 0.717) is 12.3 Å². The van der Waals surface area contributed by atoms with Crippen molar-refractivity contribution in [1.29, 1.82) is 0 Å². The third-order valence-corrected chi connectivity index (χ3v) is 3.45. The summed E-state index contributed by atoms with van der Waals surface area (Å²) in [5.41, 5.74) is -0.763. The van der Waals surface area contributed by atoms with Crippen LogP contribution in [0.15, 0.2) is 0 Å². The SMILES string of the molecule is CCC(C)(NCC1CCN(C)C1)C(=O)O. The third kappa shape index (κ3) is 3.18. The normalized spacial score (nSPS) is 26.5. The van der Waals surface area contributed by atoms with Gasteiger partial charge in [-0.25, -0.2) is 0 Å². The largest absolute Gasteiger partial charge is 0.480 e. The van der Waals surface area contributed by atoms with Crippen LogP contribution in [-0.2, 0) is 4.79 Å². The van der Waals surface area contributed by atoms with Gasteiger partial charge < -0.3 is 15.3 Å². The number of carboxylic acid groups (broad SMARTS) is 1. The highest BCUT2D eigenvalue weighted by molar-refractivity contribution is 5.78. The van der Waals surface area contributed by atoms with Crippen molar-refractivity contribution in [2.75, 3.05) is 26.7 Å². The Labute approximate surface area is 91.6 Å². The molecular formula is C11H22N2O2. The number of aliphatic carboxylic acids is 1. The zero-order valence-corrected chi connectivity index (χ0v) is 9.92. The fourth-order valence-electron chi connectivity index (χ4n) is 1.91. The van der Waals surface area contributed by atoms with Crippen LogP contribution in [0.4, 0.5) is 0 Å². The highest BCUT2D eigenvalue weighted by Gasteiger charge is 2.31. The first-order valence-electron chi connectivity index (χ1n) is 5.65. The van der Waals surface area contributed by atoms with Crippen LogP contribution in [0.3, 0.4) is 0 Å². The summed E-state index contributed by atoms with van der Waals surface area (Å²) in [6.07, 6.45) is 1.79. The van der Waals surface area contributed by atoms with Crippen molar-refractivity contribution in [3.8, 4) is 0 Å². The lowest BCUT2D eigenvalue weighted by Gasteiger charge is -2.26. The Hall–Kier alpha value is -0.610. The predicted octanol–water partition coefficient (Wildman–Crippen LogP) is 0.781. The second-order valence-electron chi connectivity index (χ2n) is 4.79. The van der Waals surface area contributed by atoms with Crippen LogP contribution in [-0.4, -0.2) is 48.2 Å². The second kappa shape index (κ2) is 4.94. The Balaban J connectivity index is 2.38. The third-order valence-electron chi connectivity index (χ3n) is 3.45. The van der Waals surface area contributed by atoms with E-state index in [9.17, 15) is 4.79 Å². The zero-order valence-electron chi connectivity index (χ0n) is 9.92. The molecule has 1 saturated heterocycles. The Morgan fingerprint density at radius 2 is 2.33 bits per heavy atom. The van der Waals surface area contributed by atoms with E-state index in [4.69, 9.17) is 5.11 Å². The first-order chi connectivity index (χ1) is 6.98. The summed E-state index contributed by atoms with van der Waals surface area (Å²) in [5, 5.41) is 12.3. The summed E-state index contributed by atoms with van der Waals surface area (Å²) in [7, 11) is 2.11. The molecule has 1 aliphatic rings. The summed E-state index contributed by atoms with van der Waals surface area (Å²) in [5.74, 6) is -0.156. The number of hydrogen-bond donors (Lipinski definition) is 2. The minimum atomic E-state index is -0.763. The first kappa shape index (κ1) is 12.5. The number of likely N-dealkylation sites (tertiary alicyclic amines) is 1. The molecule has 0 amide bonds. The van der Waals surface area contributed by atoms with Crippen molar-refractivity contribution in [3.63, 3.8) is 0 Å². The van der Waals surface area contributed by atoms with Crippen LogP contribution < -0.4 is 5.32 Å². The molecule has 0 aromatic carbocycles. The Morgan fingerprint density at radius 1 is 1.67 bits per heavy atom. The van der Waals surface area contributed by atoms with Gasteiger partial charge in [0.05, 0.1) is 0 Å². The van der Waals surface area contributed by atoms with Gasteiger partial charge in [-0.15, -0.1) is 0 Å². The van der Waals surface area contributed by atoms with Gasteiger partial charge in [-0.2, -0.15) is 0 Å². The molecule has 1 fully saturated rings. The molecular weight excluding hydrogens is 192 g/mol. The molecule has 0 radical (unpaired) electrons. The number of carboxylic acids is 1. The molecule has 4 nitrogen and oxygen atoms in total. The summed E-state index contributed by atoms with van der Waals surface area (Å²) < 4.78 is 0. The molecule has 2 N–H and O–H groups in total. The van der Waals surface area contributed by atoms with Gasteiger partial charge in [0.25, 0.3) is 0 Å². The van der Waals surface area contributed by atoms with E-state index in [-0.39, 0.29) is 0 Å². The summed E-state index contributed by atoms with van der Waals surface area (Å²) in [4.78, 5) is 13.3. The first-order valence-corrected chi connectivity index (χ1v) is 5.65. The molecule has 0 aromatic heterocycles. The number of hydrogen-bond acceptors (Lipinski definition) is 3. The van der Waals surface area contributed by atoms with Gasteiger partial charge >= 0.3 is 5.97 Å². The second-order valence-corrected chi connectivity index (χ2v) is 4.79. The molecule has 4 heteroatoms. The minimum absolute atomic E-state index is 0.597. The molecule has 0 aromatic rings. The molecule has 1 heterocycles. The number of rotatable bonds is 5. The van der Waals surface area contributed by atoms with Crippen LogP contribution in [0.1, 0.15) is 26.7 Å². The number of nitrogens with one attached hydrogen (secondary N) is 1. The van der Waals surface area contributed by atoms with Crippen LogP contribution in [0.2, 0.25) is 0 Å². The predicted molar refractivity (Wildman–Crippen MR) is 59.9 cm³/mol.